The third kappa shape index (κ3) is 3.32. The van der Waals surface area contributed by atoms with Gasteiger partial charge in [0.1, 0.15) is 11.9 Å². The van der Waals surface area contributed by atoms with Crippen molar-refractivity contribution in [1.82, 2.24) is 0 Å². The molecule has 0 aromatic heterocycles. The monoisotopic (exact) mass is 330 g/mol. The Hall–Kier alpha value is -2.91. The first-order valence-electron chi connectivity index (χ1n) is 8.30. The minimum absolute atomic E-state index is 0.237. The third-order valence-corrected chi connectivity index (χ3v) is 4.36. The van der Waals surface area contributed by atoms with Crippen LogP contribution in [-0.2, 0) is 9.53 Å². The summed E-state index contributed by atoms with van der Waals surface area (Å²) in [5.41, 5.74) is 4.51. The minimum Gasteiger partial charge on any atom is -0.425 e. The molecule has 0 bridgehead atoms. The molecule has 0 N–H and O–H groups in total. The van der Waals surface area contributed by atoms with E-state index in [2.05, 4.69) is 31.2 Å². The highest BCUT2D eigenvalue weighted by Gasteiger charge is 2.47. The predicted molar refractivity (Wildman–Crippen MR) is 96.3 cm³/mol. The third-order valence-electron chi connectivity index (χ3n) is 4.36. The number of carbonyl (C=O) groups is 1. The summed E-state index contributed by atoms with van der Waals surface area (Å²) < 4.78 is 11.0. The molecule has 0 radical (unpaired) electrons. The molecule has 1 aliphatic rings. The zero-order valence-electron chi connectivity index (χ0n) is 13.9. The lowest BCUT2D eigenvalue weighted by atomic mass is 9.96. The van der Waals surface area contributed by atoms with Crippen molar-refractivity contribution >= 4 is 5.97 Å². The predicted octanol–water partition coefficient (Wildman–Crippen LogP) is 4.71. The van der Waals surface area contributed by atoms with Gasteiger partial charge >= 0.3 is 5.97 Å². The molecule has 1 heterocycles. The molecule has 1 aliphatic heterocycles. The van der Waals surface area contributed by atoms with Gasteiger partial charge < -0.3 is 9.47 Å². The van der Waals surface area contributed by atoms with Gasteiger partial charge in [0.05, 0.1) is 0 Å². The maximum atomic E-state index is 12.2. The number of aryl methyl sites for hydroxylation is 1. The molecule has 0 saturated carbocycles. The van der Waals surface area contributed by atoms with Crippen molar-refractivity contribution in [3.63, 3.8) is 0 Å². The van der Waals surface area contributed by atoms with Gasteiger partial charge in [-0.1, -0.05) is 60.7 Å². The number of hydrogen-bond donors (Lipinski definition) is 0. The summed E-state index contributed by atoms with van der Waals surface area (Å²) >= 11 is 0. The zero-order valence-corrected chi connectivity index (χ0v) is 13.9. The molecule has 25 heavy (non-hydrogen) atoms. The fourth-order valence-corrected chi connectivity index (χ4v) is 2.95. The number of para-hydroxylation sites is 1. The van der Waals surface area contributed by atoms with Crippen LogP contribution in [0.4, 0.5) is 0 Å². The molecule has 1 fully saturated rings. The van der Waals surface area contributed by atoms with E-state index in [1.165, 1.54) is 5.56 Å². The first-order valence-corrected chi connectivity index (χ1v) is 8.30. The lowest BCUT2D eigenvalue weighted by Gasteiger charge is -2.08. The Morgan fingerprint density at radius 2 is 1.60 bits per heavy atom. The van der Waals surface area contributed by atoms with Crippen LogP contribution in [0.3, 0.4) is 0 Å². The molecule has 4 rings (SSSR count). The van der Waals surface area contributed by atoms with Crippen LogP contribution in [0.25, 0.3) is 11.1 Å². The molecule has 0 spiro atoms. The molecule has 3 aromatic carbocycles. The summed E-state index contributed by atoms with van der Waals surface area (Å²) in [4.78, 5) is 12.2. The number of hydrogen-bond acceptors (Lipinski definition) is 3. The quantitative estimate of drug-likeness (QED) is 0.395. The summed E-state index contributed by atoms with van der Waals surface area (Å²) in [6.07, 6.45) is -0.772. The molecule has 0 amide bonds. The topological polar surface area (TPSA) is 38.8 Å². The second-order valence-electron chi connectivity index (χ2n) is 6.15. The van der Waals surface area contributed by atoms with Gasteiger partial charge in [0.2, 0.25) is 0 Å². The smallest absolute Gasteiger partial charge is 0.343 e. The van der Waals surface area contributed by atoms with Gasteiger partial charge in [-0.15, -0.1) is 0 Å². The van der Waals surface area contributed by atoms with Gasteiger partial charge in [0.25, 0.3) is 0 Å². The van der Waals surface area contributed by atoms with Crippen LogP contribution in [0.2, 0.25) is 0 Å². The van der Waals surface area contributed by atoms with Gasteiger partial charge in [0.15, 0.2) is 6.10 Å². The largest absolute Gasteiger partial charge is 0.425 e. The van der Waals surface area contributed by atoms with Crippen LogP contribution in [0.1, 0.15) is 17.2 Å². The fraction of sp³-hybridized carbons (Fsp3) is 0.136. The number of carbonyl (C=O) groups excluding carboxylic acids is 1. The van der Waals surface area contributed by atoms with Crippen LogP contribution in [0.5, 0.6) is 5.75 Å². The minimum atomic E-state index is -0.536. The molecule has 0 aliphatic carbocycles. The van der Waals surface area contributed by atoms with E-state index in [1.807, 2.05) is 42.5 Å². The SMILES string of the molecule is Cc1ccc(C2OC2C(=O)Oc2ccccc2)cc1-c1ccccc1. The highest BCUT2D eigenvalue weighted by atomic mass is 16.6. The Bertz CT molecular complexity index is 888. The average molecular weight is 330 g/mol. The molecule has 1 saturated heterocycles. The van der Waals surface area contributed by atoms with Crippen molar-refractivity contribution in [2.75, 3.05) is 0 Å². The van der Waals surface area contributed by atoms with E-state index in [4.69, 9.17) is 9.47 Å². The van der Waals surface area contributed by atoms with Gasteiger partial charge in [-0.05, 0) is 47.4 Å². The lowest BCUT2D eigenvalue weighted by molar-refractivity contribution is -0.135. The highest BCUT2D eigenvalue weighted by Crippen LogP contribution is 2.41. The first-order chi connectivity index (χ1) is 12.2. The normalized spacial score (nSPS) is 18.6. The summed E-state index contributed by atoms with van der Waals surface area (Å²) in [5, 5.41) is 0. The first kappa shape index (κ1) is 15.6. The Morgan fingerprint density at radius 1 is 0.920 bits per heavy atom. The van der Waals surface area contributed by atoms with Crippen LogP contribution in [0.15, 0.2) is 78.9 Å². The summed E-state index contributed by atoms with van der Waals surface area (Å²) in [5.74, 6) is 0.189. The van der Waals surface area contributed by atoms with Gasteiger partial charge in [0, 0.05) is 0 Å². The zero-order chi connectivity index (χ0) is 17.2. The molecule has 2 unspecified atom stereocenters. The Morgan fingerprint density at radius 3 is 2.32 bits per heavy atom. The van der Waals surface area contributed by atoms with E-state index in [-0.39, 0.29) is 12.1 Å². The Balaban J connectivity index is 1.51. The molecule has 3 nitrogen and oxygen atoms in total. The molecule has 2 atom stereocenters. The molecule has 124 valence electrons. The number of ether oxygens (including phenoxy) is 2. The second-order valence-corrected chi connectivity index (χ2v) is 6.15. The van der Waals surface area contributed by atoms with Crippen LogP contribution in [0, 0.1) is 6.92 Å². The number of esters is 1. The Labute approximate surface area is 146 Å². The average Bonchev–Trinajstić information content (AvgIpc) is 3.45. The van der Waals surface area contributed by atoms with Crippen molar-refractivity contribution in [1.29, 1.82) is 0 Å². The lowest BCUT2D eigenvalue weighted by Crippen LogP contribution is -2.15. The number of rotatable bonds is 4. The van der Waals surface area contributed by atoms with Crippen LogP contribution in [-0.4, -0.2) is 12.1 Å². The van der Waals surface area contributed by atoms with Crippen molar-refractivity contribution in [2.45, 2.75) is 19.1 Å². The maximum absolute atomic E-state index is 12.2. The van der Waals surface area contributed by atoms with E-state index < -0.39 is 6.10 Å². The van der Waals surface area contributed by atoms with E-state index >= 15 is 0 Å². The standard InChI is InChI=1S/C22H18O3/c1-15-12-13-17(14-19(15)16-8-4-2-5-9-16)20-21(25-20)22(23)24-18-10-6-3-7-11-18/h2-14,20-21H,1H3. The molecular weight excluding hydrogens is 312 g/mol. The molecular formula is C22H18O3. The van der Waals surface area contributed by atoms with Gasteiger partial charge in [-0.25, -0.2) is 4.79 Å². The van der Waals surface area contributed by atoms with Gasteiger partial charge in [-0.3, -0.25) is 0 Å². The van der Waals surface area contributed by atoms with Gasteiger partial charge in [-0.2, -0.15) is 0 Å². The van der Waals surface area contributed by atoms with Crippen molar-refractivity contribution in [3.8, 4) is 16.9 Å². The van der Waals surface area contributed by atoms with E-state index in [0.29, 0.717) is 5.75 Å². The van der Waals surface area contributed by atoms with E-state index in [9.17, 15) is 4.79 Å². The molecule has 3 heteroatoms. The van der Waals surface area contributed by atoms with E-state index in [1.54, 1.807) is 12.1 Å². The molecule has 3 aromatic rings. The fourth-order valence-electron chi connectivity index (χ4n) is 2.95. The van der Waals surface area contributed by atoms with E-state index in [0.717, 1.165) is 16.7 Å². The summed E-state index contributed by atoms with van der Waals surface area (Å²) in [7, 11) is 0. The van der Waals surface area contributed by atoms with Crippen molar-refractivity contribution in [2.24, 2.45) is 0 Å². The van der Waals surface area contributed by atoms with Crippen LogP contribution < -0.4 is 4.74 Å². The maximum Gasteiger partial charge on any atom is 0.343 e. The summed E-state index contributed by atoms with van der Waals surface area (Å²) in [6.45, 7) is 2.08. The Kier molecular flexibility index (Phi) is 4.08. The number of benzene rings is 3. The van der Waals surface area contributed by atoms with Crippen molar-refractivity contribution < 1.29 is 14.3 Å². The summed E-state index contributed by atoms with van der Waals surface area (Å²) in [6, 6.07) is 25.5. The van der Waals surface area contributed by atoms with Crippen molar-refractivity contribution in [3.05, 3.63) is 90.0 Å². The number of epoxide rings is 1. The van der Waals surface area contributed by atoms with Crippen LogP contribution >= 0.6 is 0 Å². The highest BCUT2D eigenvalue weighted by molar-refractivity contribution is 5.81. The second kappa shape index (κ2) is 6.54.